The van der Waals surface area contributed by atoms with Crippen molar-refractivity contribution in [1.82, 2.24) is 15.0 Å². The van der Waals surface area contributed by atoms with Crippen LogP contribution in [-0.4, -0.2) is 15.0 Å². The lowest BCUT2D eigenvalue weighted by molar-refractivity contribution is 0.476. The Bertz CT molecular complexity index is 400. The Kier molecular flexibility index (Phi) is 4.92. The van der Waals surface area contributed by atoms with E-state index < -0.39 is 0 Å². The molecule has 0 fully saturated rings. The number of nitrogens with zero attached hydrogens (tertiary/aromatic N) is 3. The quantitative estimate of drug-likeness (QED) is 0.775. The minimum Gasteiger partial charge on any atom is -0.454 e. The van der Waals surface area contributed by atoms with Gasteiger partial charge in [-0.2, -0.15) is 0 Å². The van der Waals surface area contributed by atoms with Crippen LogP contribution in [0.25, 0.3) is 0 Å². The molecule has 0 radical (unpaired) electrons. The van der Waals surface area contributed by atoms with E-state index >= 15 is 0 Å². The molecule has 0 aliphatic rings. The minimum absolute atomic E-state index is 0.627. The molecule has 4 nitrogen and oxygen atoms in total. The first-order valence-corrected chi connectivity index (χ1v) is 5.21. The first kappa shape index (κ1) is 12.1. The minimum atomic E-state index is 0.627. The van der Waals surface area contributed by atoms with E-state index in [2.05, 4.69) is 15.0 Å². The Balaban J connectivity index is 0.000000606. The number of hydrogen-bond donors (Lipinski definition) is 0. The van der Waals surface area contributed by atoms with Crippen LogP contribution in [0.5, 0.6) is 11.5 Å². The van der Waals surface area contributed by atoms with E-state index in [1.807, 2.05) is 20.8 Å². The smallest absolute Gasteiger partial charge is 0.164 e. The third-order valence-electron chi connectivity index (χ3n) is 1.64. The maximum Gasteiger partial charge on any atom is 0.164 e. The van der Waals surface area contributed by atoms with Gasteiger partial charge in [0.1, 0.15) is 11.6 Å². The predicted octanol–water partition coefficient (Wildman–Crippen LogP) is 3.00. The van der Waals surface area contributed by atoms with Gasteiger partial charge in [-0.25, -0.2) is 9.97 Å². The summed E-state index contributed by atoms with van der Waals surface area (Å²) < 4.78 is 5.47. The van der Waals surface area contributed by atoms with Crippen LogP contribution in [0.3, 0.4) is 0 Å². The third-order valence-corrected chi connectivity index (χ3v) is 1.64. The molecule has 0 amide bonds. The Hall–Kier alpha value is -1.97. The van der Waals surface area contributed by atoms with E-state index in [1.165, 1.54) is 0 Å². The lowest BCUT2D eigenvalue weighted by atomic mass is 10.4. The van der Waals surface area contributed by atoms with Crippen LogP contribution in [-0.2, 0) is 0 Å². The summed E-state index contributed by atoms with van der Waals surface area (Å²) in [5.74, 6) is 2.08. The Morgan fingerprint density at radius 3 is 2.06 bits per heavy atom. The number of pyridine rings is 1. The van der Waals surface area contributed by atoms with E-state index in [0.717, 1.165) is 11.6 Å². The zero-order valence-electron chi connectivity index (χ0n) is 9.71. The summed E-state index contributed by atoms with van der Waals surface area (Å²) in [4.78, 5) is 11.9. The Labute approximate surface area is 95.4 Å². The second kappa shape index (κ2) is 6.50. The first-order valence-electron chi connectivity index (χ1n) is 5.21. The summed E-state index contributed by atoms with van der Waals surface area (Å²) in [6, 6.07) is 3.56. The summed E-state index contributed by atoms with van der Waals surface area (Å²) in [5, 5.41) is 0. The van der Waals surface area contributed by atoms with Crippen LogP contribution < -0.4 is 4.74 Å². The summed E-state index contributed by atoms with van der Waals surface area (Å²) in [6.07, 6.45) is 6.63. The lowest BCUT2D eigenvalue weighted by Gasteiger charge is -2.03. The van der Waals surface area contributed by atoms with Crippen molar-refractivity contribution in [2.45, 2.75) is 20.8 Å². The SMILES string of the molecule is CC.Cc1ncc(Oc2ccncc2)cn1. The van der Waals surface area contributed by atoms with Crippen molar-refractivity contribution in [3.8, 4) is 11.5 Å². The molecular weight excluding hydrogens is 202 g/mol. The molecule has 4 heteroatoms. The number of rotatable bonds is 2. The molecule has 16 heavy (non-hydrogen) atoms. The topological polar surface area (TPSA) is 47.9 Å². The molecule has 2 rings (SSSR count). The monoisotopic (exact) mass is 217 g/mol. The molecule has 2 aromatic rings. The standard InChI is InChI=1S/C10H9N3O.C2H6/c1-8-12-6-10(7-13-8)14-9-2-4-11-5-3-9;1-2/h2-7H,1H3;1-2H3. The summed E-state index contributed by atoms with van der Waals surface area (Å²) >= 11 is 0. The van der Waals surface area contributed by atoms with E-state index in [-0.39, 0.29) is 0 Å². The first-order chi connectivity index (χ1) is 7.84. The average molecular weight is 217 g/mol. The maximum absolute atomic E-state index is 5.47. The van der Waals surface area contributed by atoms with Crippen molar-refractivity contribution in [2.75, 3.05) is 0 Å². The van der Waals surface area contributed by atoms with Crippen LogP contribution >= 0.6 is 0 Å². The van der Waals surface area contributed by atoms with Gasteiger partial charge in [-0.05, 0) is 19.1 Å². The van der Waals surface area contributed by atoms with E-state index in [9.17, 15) is 0 Å². The molecule has 0 aliphatic heterocycles. The highest BCUT2D eigenvalue weighted by Gasteiger charge is 1.96. The number of aryl methyl sites for hydroxylation is 1. The molecule has 0 N–H and O–H groups in total. The van der Waals surface area contributed by atoms with Gasteiger partial charge in [0.15, 0.2) is 5.75 Å². The molecule has 2 heterocycles. The number of aromatic nitrogens is 3. The molecule has 2 aromatic heterocycles. The van der Waals surface area contributed by atoms with Crippen molar-refractivity contribution in [2.24, 2.45) is 0 Å². The molecule has 0 aliphatic carbocycles. The number of hydrogen-bond acceptors (Lipinski definition) is 4. The Morgan fingerprint density at radius 2 is 1.50 bits per heavy atom. The van der Waals surface area contributed by atoms with Crippen molar-refractivity contribution in [1.29, 1.82) is 0 Å². The maximum atomic E-state index is 5.47. The fraction of sp³-hybridized carbons (Fsp3) is 0.250. The lowest BCUT2D eigenvalue weighted by Crippen LogP contribution is -1.89. The van der Waals surface area contributed by atoms with Gasteiger partial charge in [0.2, 0.25) is 0 Å². The van der Waals surface area contributed by atoms with Crippen molar-refractivity contribution < 1.29 is 4.74 Å². The fourth-order valence-electron chi connectivity index (χ4n) is 0.976. The molecule has 0 spiro atoms. The van der Waals surface area contributed by atoms with Gasteiger partial charge in [0, 0.05) is 12.4 Å². The average Bonchev–Trinajstić information content (AvgIpc) is 2.36. The van der Waals surface area contributed by atoms with Gasteiger partial charge in [-0.3, -0.25) is 4.98 Å². The highest BCUT2D eigenvalue weighted by molar-refractivity contribution is 5.25. The normalized spacial score (nSPS) is 8.94. The van der Waals surface area contributed by atoms with Crippen molar-refractivity contribution in [3.63, 3.8) is 0 Å². The molecule has 0 atom stereocenters. The van der Waals surface area contributed by atoms with E-state index in [1.54, 1.807) is 36.9 Å². The Morgan fingerprint density at radius 1 is 0.938 bits per heavy atom. The second-order valence-corrected chi connectivity index (χ2v) is 2.75. The van der Waals surface area contributed by atoms with Gasteiger partial charge in [-0.15, -0.1) is 0 Å². The summed E-state index contributed by atoms with van der Waals surface area (Å²) in [6.45, 7) is 5.83. The molecule has 0 aromatic carbocycles. The van der Waals surface area contributed by atoms with Crippen LogP contribution in [0, 0.1) is 6.92 Å². The fourth-order valence-corrected chi connectivity index (χ4v) is 0.976. The van der Waals surface area contributed by atoms with Gasteiger partial charge in [0.25, 0.3) is 0 Å². The van der Waals surface area contributed by atoms with Crippen LogP contribution in [0.2, 0.25) is 0 Å². The summed E-state index contributed by atoms with van der Waals surface area (Å²) in [7, 11) is 0. The third kappa shape index (κ3) is 3.65. The molecule has 0 saturated heterocycles. The zero-order valence-corrected chi connectivity index (χ0v) is 9.71. The van der Waals surface area contributed by atoms with E-state index in [4.69, 9.17) is 4.74 Å². The van der Waals surface area contributed by atoms with Crippen LogP contribution in [0.1, 0.15) is 19.7 Å². The molecule has 0 saturated carbocycles. The van der Waals surface area contributed by atoms with Crippen LogP contribution in [0.15, 0.2) is 36.9 Å². The molecule has 84 valence electrons. The van der Waals surface area contributed by atoms with Gasteiger partial charge in [0.05, 0.1) is 12.4 Å². The predicted molar refractivity (Wildman–Crippen MR) is 62.4 cm³/mol. The van der Waals surface area contributed by atoms with Crippen molar-refractivity contribution >= 4 is 0 Å². The zero-order chi connectivity index (χ0) is 11.8. The summed E-state index contributed by atoms with van der Waals surface area (Å²) in [5.41, 5.74) is 0. The second-order valence-electron chi connectivity index (χ2n) is 2.75. The van der Waals surface area contributed by atoms with Gasteiger partial charge >= 0.3 is 0 Å². The highest BCUT2D eigenvalue weighted by atomic mass is 16.5. The van der Waals surface area contributed by atoms with Gasteiger partial charge < -0.3 is 4.74 Å². The molecule has 0 unspecified atom stereocenters. The van der Waals surface area contributed by atoms with Crippen molar-refractivity contribution in [3.05, 3.63) is 42.7 Å². The van der Waals surface area contributed by atoms with E-state index in [0.29, 0.717) is 5.75 Å². The highest BCUT2D eigenvalue weighted by Crippen LogP contribution is 2.17. The largest absolute Gasteiger partial charge is 0.454 e. The number of ether oxygens (including phenoxy) is 1. The molecular formula is C12H15N3O. The van der Waals surface area contributed by atoms with Gasteiger partial charge in [-0.1, -0.05) is 13.8 Å². The molecule has 0 bridgehead atoms. The van der Waals surface area contributed by atoms with Crippen LogP contribution in [0.4, 0.5) is 0 Å².